The van der Waals surface area contributed by atoms with Crippen molar-refractivity contribution in [1.82, 2.24) is 9.80 Å². The number of hydrogen-bond donors (Lipinski definition) is 0. The highest BCUT2D eigenvalue weighted by molar-refractivity contribution is 5.93. The van der Waals surface area contributed by atoms with Gasteiger partial charge in [-0.15, -0.1) is 0 Å². The molecule has 0 unspecified atom stereocenters. The Morgan fingerprint density at radius 2 is 1.69 bits per heavy atom. The number of cyclic esters (lactones) is 1. The summed E-state index contributed by atoms with van der Waals surface area (Å²) in [5, 5.41) is 0. The van der Waals surface area contributed by atoms with Crippen LogP contribution in [0, 0.1) is 11.8 Å². The number of ether oxygens (including phenoxy) is 1. The molecule has 0 spiro atoms. The maximum atomic E-state index is 13.5. The maximum Gasteiger partial charge on any atom is 0.416 e. The van der Waals surface area contributed by atoms with Gasteiger partial charge in [0.05, 0.1) is 6.04 Å². The highest BCUT2D eigenvalue weighted by Crippen LogP contribution is 2.35. The Morgan fingerprint density at radius 3 is 2.34 bits per heavy atom. The third-order valence-electron chi connectivity index (χ3n) is 7.19. The van der Waals surface area contributed by atoms with E-state index in [4.69, 9.17) is 4.74 Å². The average Bonchev–Trinajstić information content (AvgIpc) is 3.17. The summed E-state index contributed by atoms with van der Waals surface area (Å²) in [6, 6.07) is 20.3. The topological polar surface area (TPSA) is 49.9 Å². The number of nitrogens with zero attached hydrogens (tertiary/aromatic N) is 2. The van der Waals surface area contributed by atoms with Gasteiger partial charge in [0.2, 0.25) is 5.91 Å². The van der Waals surface area contributed by atoms with E-state index in [0.717, 1.165) is 31.5 Å². The van der Waals surface area contributed by atoms with Gasteiger partial charge < -0.3 is 4.74 Å². The molecule has 5 nitrogen and oxygen atoms in total. The molecule has 2 aromatic carbocycles. The summed E-state index contributed by atoms with van der Waals surface area (Å²) < 4.78 is 5.31. The number of amides is 2. The van der Waals surface area contributed by atoms with Crippen LogP contribution in [0.2, 0.25) is 0 Å². The summed E-state index contributed by atoms with van der Waals surface area (Å²) in [5.74, 6) is 0.891. The van der Waals surface area contributed by atoms with Crippen molar-refractivity contribution in [3.05, 3.63) is 71.8 Å². The van der Waals surface area contributed by atoms with E-state index in [-0.39, 0.29) is 24.6 Å². The Hall–Kier alpha value is -2.66. The van der Waals surface area contributed by atoms with Crippen LogP contribution >= 0.6 is 0 Å². The summed E-state index contributed by atoms with van der Waals surface area (Å²) in [7, 11) is 0. The fraction of sp³-hybridized carbons (Fsp3) is 0.481. The van der Waals surface area contributed by atoms with Crippen LogP contribution in [0.1, 0.15) is 44.2 Å². The molecule has 170 valence electrons. The first-order valence-corrected chi connectivity index (χ1v) is 11.9. The lowest BCUT2D eigenvalue weighted by atomic mass is 9.77. The van der Waals surface area contributed by atoms with E-state index in [2.05, 4.69) is 43.0 Å². The second-order valence-corrected chi connectivity index (χ2v) is 9.25. The van der Waals surface area contributed by atoms with E-state index in [1.165, 1.54) is 10.5 Å². The van der Waals surface area contributed by atoms with Crippen LogP contribution in [-0.4, -0.2) is 47.0 Å². The number of hydrogen-bond acceptors (Lipinski definition) is 4. The minimum Gasteiger partial charge on any atom is -0.447 e. The van der Waals surface area contributed by atoms with Crippen molar-refractivity contribution in [3.8, 4) is 0 Å². The first-order chi connectivity index (χ1) is 15.6. The summed E-state index contributed by atoms with van der Waals surface area (Å²) in [5.41, 5.74) is 2.37. The van der Waals surface area contributed by atoms with Crippen molar-refractivity contribution < 1.29 is 14.3 Å². The first kappa shape index (κ1) is 22.5. The van der Waals surface area contributed by atoms with Crippen LogP contribution in [0.15, 0.2) is 60.7 Å². The molecule has 4 atom stereocenters. The van der Waals surface area contributed by atoms with Gasteiger partial charge in [0, 0.05) is 19.0 Å². The van der Waals surface area contributed by atoms with Crippen molar-refractivity contribution in [1.29, 1.82) is 0 Å². The van der Waals surface area contributed by atoms with E-state index < -0.39 is 6.09 Å². The van der Waals surface area contributed by atoms with Gasteiger partial charge in [0.25, 0.3) is 0 Å². The predicted molar refractivity (Wildman–Crippen MR) is 125 cm³/mol. The zero-order valence-electron chi connectivity index (χ0n) is 19.2. The fourth-order valence-corrected chi connectivity index (χ4v) is 5.45. The van der Waals surface area contributed by atoms with Gasteiger partial charge in [-0.25, -0.2) is 9.69 Å². The molecule has 0 radical (unpaired) electrons. The molecule has 2 saturated heterocycles. The second kappa shape index (κ2) is 10.3. The maximum absolute atomic E-state index is 13.5. The number of carbonyl (C=O) groups is 2. The number of likely N-dealkylation sites (tertiary alicyclic amines) is 1. The third-order valence-corrected chi connectivity index (χ3v) is 7.19. The molecule has 0 saturated carbocycles. The normalized spacial score (nSPS) is 26.2. The van der Waals surface area contributed by atoms with Gasteiger partial charge in [0.1, 0.15) is 6.61 Å². The average molecular weight is 435 g/mol. The molecule has 2 fully saturated rings. The molecule has 2 aliphatic rings. The molecule has 2 heterocycles. The first-order valence-electron chi connectivity index (χ1n) is 11.9. The van der Waals surface area contributed by atoms with Crippen LogP contribution in [0.25, 0.3) is 0 Å². The lowest BCUT2D eigenvalue weighted by Gasteiger charge is -2.45. The molecule has 2 aromatic rings. The number of piperidine rings is 1. The zero-order chi connectivity index (χ0) is 22.5. The highest BCUT2D eigenvalue weighted by atomic mass is 16.6. The van der Waals surface area contributed by atoms with Crippen molar-refractivity contribution in [2.75, 3.05) is 13.2 Å². The van der Waals surface area contributed by atoms with Crippen LogP contribution < -0.4 is 0 Å². The van der Waals surface area contributed by atoms with Crippen LogP contribution in [0.5, 0.6) is 0 Å². The smallest absolute Gasteiger partial charge is 0.416 e. The molecule has 2 amide bonds. The zero-order valence-corrected chi connectivity index (χ0v) is 19.2. The largest absolute Gasteiger partial charge is 0.447 e. The van der Waals surface area contributed by atoms with Crippen LogP contribution in [-0.2, 0) is 22.5 Å². The highest BCUT2D eigenvalue weighted by Gasteiger charge is 2.42. The van der Waals surface area contributed by atoms with Crippen molar-refractivity contribution >= 4 is 12.0 Å². The summed E-state index contributed by atoms with van der Waals surface area (Å²) >= 11 is 0. The van der Waals surface area contributed by atoms with Crippen LogP contribution in [0.4, 0.5) is 4.79 Å². The predicted octanol–water partition coefficient (Wildman–Crippen LogP) is 4.90. The van der Waals surface area contributed by atoms with Crippen molar-refractivity contribution in [3.63, 3.8) is 0 Å². The lowest BCUT2D eigenvalue weighted by Crippen LogP contribution is -2.51. The number of carbonyl (C=O) groups excluding carboxylic acids is 2. The molecule has 2 aliphatic heterocycles. The monoisotopic (exact) mass is 434 g/mol. The van der Waals surface area contributed by atoms with Crippen molar-refractivity contribution in [2.24, 2.45) is 11.8 Å². The fourth-order valence-electron chi connectivity index (χ4n) is 5.45. The lowest BCUT2D eigenvalue weighted by molar-refractivity contribution is -0.132. The molecule has 0 bridgehead atoms. The Labute approximate surface area is 191 Å². The Balaban J connectivity index is 1.51. The molecule has 0 aliphatic carbocycles. The molecule has 0 aromatic heterocycles. The minimum atomic E-state index is -0.498. The Bertz CT molecular complexity index is 902. The molecule has 0 N–H and O–H groups in total. The van der Waals surface area contributed by atoms with Gasteiger partial charge in [-0.3, -0.25) is 9.69 Å². The van der Waals surface area contributed by atoms with Gasteiger partial charge in [-0.05, 0) is 42.3 Å². The van der Waals surface area contributed by atoms with Gasteiger partial charge >= 0.3 is 6.09 Å². The van der Waals surface area contributed by atoms with Gasteiger partial charge in [-0.1, -0.05) is 80.9 Å². The summed E-state index contributed by atoms with van der Waals surface area (Å²) in [4.78, 5) is 29.8. The molecular weight excluding hydrogens is 400 g/mol. The van der Waals surface area contributed by atoms with E-state index in [1.54, 1.807) is 0 Å². The molecular formula is C27H34N2O3. The second-order valence-electron chi connectivity index (χ2n) is 9.25. The number of imide groups is 1. The Kier molecular flexibility index (Phi) is 7.26. The van der Waals surface area contributed by atoms with Crippen LogP contribution in [0.3, 0.4) is 0 Å². The third kappa shape index (κ3) is 5.04. The van der Waals surface area contributed by atoms with E-state index >= 15 is 0 Å². The van der Waals surface area contributed by atoms with E-state index in [9.17, 15) is 9.59 Å². The van der Waals surface area contributed by atoms with Crippen molar-refractivity contribution in [2.45, 2.75) is 58.2 Å². The standard InChI is InChI=1S/C27H34N2O3/c1-3-24-20(2)14-15-28(18-22-12-8-5-9-13-22)25(24)17-26(30)29-23(19-32-27(29)31)16-21-10-6-4-7-11-21/h4-13,20,23-25H,3,14-19H2,1-2H3/t20-,23+,24+,25+/m1/s1. The molecule has 5 heteroatoms. The SMILES string of the molecule is CC[C@H]1[C@H](C)CCN(Cc2ccccc2)[C@H]1CC(=O)N1C(=O)OC[C@@H]1Cc1ccccc1. The number of rotatable bonds is 7. The summed E-state index contributed by atoms with van der Waals surface area (Å²) in [6.45, 7) is 6.59. The van der Waals surface area contributed by atoms with E-state index in [1.807, 2.05) is 36.4 Å². The Morgan fingerprint density at radius 1 is 1.03 bits per heavy atom. The molecule has 32 heavy (non-hydrogen) atoms. The number of benzene rings is 2. The summed E-state index contributed by atoms with van der Waals surface area (Å²) in [6.07, 6.45) is 2.66. The van der Waals surface area contributed by atoms with E-state index in [0.29, 0.717) is 24.7 Å². The van der Waals surface area contributed by atoms with Gasteiger partial charge in [0.15, 0.2) is 0 Å². The minimum absolute atomic E-state index is 0.107. The molecule has 4 rings (SSSR count). The van der Waals surface area contributed by atoms with Gasteiger partial charge in [-0.2, -0.15) is 0 Å². The quantitative estimate of drug-likeness (QED) is 0.622.